The first-order valence-electron chi connectivity index (χ1n) is 14.2. The van der Waals surface area contributed by atoms with Gasteiger partial charge in [0.25, 0.3) is 5.91 Å². The number of carbonyl (C=O) groups excluding carboxylic acids is 3. The Balaban J connectivity index is 1.90. The van der Waals surface area contributed by atoms with E-state index < -0.39 is 68.9 Å². The predicted octanol–water partition coefficient (Wildman–Crippen LogP) is 3.87. The van der Waals surface area contributed by atoms with E-state index in [-0.39, 0.29) is 51.9 Å². The lowest BCUT2D eigenvalue weighted by atomic mass is 9.92. The Morgan fingerprint density at radius 3 is 2.32 bits per heavy atom. The number of carboxylic acid groups (broad SMARTS) is 1. The summed E-state index contributed by atoms with van der Waals surface area (Å²) in [5, 5.41) is 15.5. The summed E-state index contributed by atoms with van der Waals surface area (Å²) in [7, 11) is -1.66. The van der Waals surface area contributed by atoms with Crippen molar-refractivity contribution in [3.05, 3.63) is 82.9 Å². The van der Waals surface area contributed by atoms with Gasteiger partial charge in [-0.2, -0.15) is 0 Å². The number of carbonyl (C=O) groups is 4. The van der Waals surface area contributed by atoms with Crippen molar-refractivity contribution in [2.45, 2.75) is 30.3 Å². The second-order valence-electron chi connectivity index (χ2n) is 10.5. The van der Waals surface area contributed by atoms with Crippen LogP contribution in [0.25, 0.3) is 0 Å². The zero-order valence-corrected chi connectivity index (χ0v) is 26.3. The highest BCUT2D eigenvalue weighted by Gasteiger charge is 2.46. The quantitative estimate of drug-likeness (QED) is 0.232. The first-order chi connectivity index (χ1) is 22.2. The lowest BCUT2D eigenvalue weighted by Gasteiger charge is -2.33. The summed E-state index contributed by atoms with van der Waals surface area (Å²) in [6.07, 6.45) is -0.950. The van der Waals surface area contributed by atoms with E-state index in [4.69, 9.17) is 10.5 Å². The third kappa shape index (κ3) is 7.27. The number of anilines is 2. The third-order valence-electron chi connectivity index (χ3n) is 7.77. The first-order valence-corrected chi connectivity index (χ1v) is 15.8. The summed E-state index contributed by atoms with van der Waals surface area (Å²) in [5.41, 5.74) is 5.03. The summed E-state index contributed by atoms with van der Waals surface area (Å²) in [4.78, 5) is 51.8. The molecule has 0 aliphatic carbocycles. The fourth-order valence-electron chi connectivity index (χ4n) is 5.43. The number of nitrogens with one attached hydrogen (secondary N) is 2. The molecule has 47 heavy (non-hydrogen) atoms. The molecule has 3 aromatic rings. The second-order valence-corrected chi connectivity index (χ2v) is 12.8. The zero-order chi connectivity index (χ0) is 34.6. The number of ether oxygens (including phenoxy) is 2. The minimum absolute atomic E-state index is 0.0610. The maximum atomic E-state index is 14.5. The van der Waals surface area contributed by atoms with E-state index in [9.17, 15) is 41.5 Å². The average molecular weight is 675 g/mol. The number of methoxy groups -OCH3 is 2. The maximum Gasteiger partial charge on any atom is 0.411 e. The van der Waals surface area contributed by atoms with E-state index in [0.29, 0.717) is 0 Å². The van der Waals surface area contributed by atoms with Crippen molar-refractivity contribution in [1.29, 1.82) is 0 Å². The molecule has 1 fully saturated rings. The Morgan fingerprint density at radius 2 is 1.70 bits per heavy atom. The van der Waals surface area contributed by atoms with Crippen LogP contribution in [0.5, 0.6) is 5.75 Å². The number of nitrogens with zero attached hydrogens (tertiary/aromatic N) is 1. The fraction of sp³-hybridized carbons (Fsp3) is 0.290. The van der Waals surface area contributed by atoms with Crippen LogP contribution in [0.4, 0.5) is 25.0 Å². The third-order valence-corrected chi connectivity index (χ3v) is 9.57. The van der Waals surface area contributed by atoms with Crippen LogP contribution in [0.1, 0.15) is 46.9 Å². The van der Waals surface area contributed by atoms with Gasteiger partial charge in [-0.05, 0) is 66.1 Å². The average Bonchev–Trinajstić information content (AvgIpc) is 3.50. The van der Waals surface area contributed by atoms with Crippen molar-refractivity contribution in [2.24, 2.45) is 11.7 Å². The maximum absolute atomic E-state index is 14.5. The molecule has 16 heteroatoms. The molecule has 4 rings (SSSR count). The molecular weight excluding hydrogens is 642 g/mol. The molecule has 0 radical (unpaired) electrons. The van der Waals surface area contributed by atoms with Gasteiger partial charge >= 0.3 is 12.1 Å². The highest BCUT2D eigenvalue weighted by atomic mass is 32.2. The van der Waals surface area contributed by atoms with Gasteiger partial charge < -0.3 is 30.5 Å². The summed E-state index contributed by atoms with van der Waals surface area (Å²) < 4.78 is 64.9. The Bertz CT molecular complexity index is 1840. The summed E-state index contributed by atoms with van der Waals surface area (Å²) in [5.74, 6) is -6.68. The number of aliphatic carboxylic acids is 1. The monoisotopic (exact) mass is 674 g/mol. The minimum atomic E-state index is -4.00. The molecule has 2 unspecified atom stereocenters. The second kappa shape index (κ2) is 14.0. The van der Waals surface area contributed by atoms with Crippen LogP contribution in [0.3, 0.4) is 0 Å². The molecule has 0 saturated carbocycles. The van der Waals surface area contributed by atoms with Crippen LogP contribution in [-0.4, -0.2) is 68.8 Å². The molecule has 1 heterocycles. The van der Waals surface area contributed by atoms with E-state index in [0.717, 1.165) is 25.3 Å². The number of primary amides is 1. The number of halogens is 2. The van der Waals surface area contributed by atoms with Crippen molar-refractivity contribution in [1.82, 2.24) is 4.90 Å². The lowest BCUT2D eigenvalue weighted by Crippen LogP contribution is -2.40. The number of hydrogen-bond acceptors (Lipinski definition) is 9. The van der Waals surface area contributed by atoms with Gasteiger partial charge in [0.2, 0.25) is 5.91 Å². The molecule has 1 aliphatic heterocycles. The number of rotatable bonds is 11. The molecule has 13 nitrogen and oxygen atoms in total. The minimum Gasteiger partial charge on any atom is -0.494 e. The van der Waals surface area contributed by atoms with Crippen molar-refractivity contribution in [3.8, 4) is 5.75 Å². The molecule has 0 bridgehead atoms. The summed E-state index contributed by atoms with van der Waals surface area (Å²) in [6.45, 7) is 1.25. The van der Waals surface area contributed by atoms with E-state index in [1.807, 2.05) is 0 Å². The Labute approximate surface area is 268 Å². The Hall–Kier alpha value is -5.25. The normalized spacial score (nSPS) is 16.7. The van der Waals surface area contributed by atoms with Crippen molar-refractivity contribution < 1.29 is 51.0 Å². The Morgan fingerprint density at radius 1 is 1.02 bits per heavy atom. The van der Waals surface area contributed by atoms with Gasteiger partial charge in [-0.15, -0.1) is 0 Å². The standard InChI is InChI=1S/C31H32F2N4O9S/c1-4-47(43,44)25-10-7-18(36-31(42)46-3)15-21(25)27-19(30(40)41)11-12-37(27)29(39)26(16-5-8-23(33)24(13-16)45-2)35-17-6-9-22(32)20(14-17)28(34)38/h5-10,13-15,19,26-27,35H,4,11-12H2,1-3H3,(H2,34,38)(H,36,42)(H,40,41)/t19?,26-,27?/m1/s1. The zero-order valence-electron chi connectivity index (χ0n) is 25.5. The van der Waals surface area contributed by atoms with E-state index in [1.54, 1.807) is 0 Å². The number of carboxylic acids is 1. The van der Waals surface area contributed by atoms with Crippen LogP contribution in [0, 0.1) is 17.6 Å². The highest BCUT2D eigenvalue weighted by Crippen LogP contribution is 2.43. The molecule has 1 aliphatic rings. The molecule has 250 valence electrons. The molecule has 0 spiro atoms. The molecule has 5 N–H and O–H groups in total. The molecular formula is C31H32F2N4O9S. The topological polar surface area (TPSA) is 194 Å². The van der Waals surface area contributed by atoms with Gasteiger partial charge in [-0.25, -0.2) is 22.0 Å². The molecule has 0 aromatic heterocycles. The number of benzene rings is 3. The van der Waals surface area contributed by atoms with Crippen LogP contribution >= 0.6 is 0 Å². The van der Waals surface area contributed by atoms with Crippen LogP contribution in [0.2, 0.25) is 0 Å². The number of hydrogen-bond donors (Lipinski definition) is 4. The molecule has 3 atom stereocenters. The number of amides is 3. The van der Waals surface area contributed by atoms with Crippen molar-refractivity contribution in [2.75, 3.05) is 37.2 Å². The van der Waals surface area contributed by atoms with Crippen molar-refractivity contribution in [3.63, 3.8) is 0 Å². The van der Waals surface area contributed by atoms with Gasteiger partial charge in [-0.1, -0.05) is 13.0 Å². The lowest BCUT2D eigenvalue weighted by molar-refractivity contribution is -0.143. The summed E-state index contributed by atoms with van der Waals surface area (Å²) >= 11 is 0. The predicted molar refractivity (Wildman–Crippen MR) is 165 cm³/mol. The smallest absolute Gasteiger partial charge is 0.411 e. The molecule has 3 amide bonds. The van der Waals surface area contributed by atoms with Crippen LogP contribution in [-0.2, 0) is 24.2 Å². The molecule has 3 aromatic carbocycles. The van der Waals surface area contributed by atoms with Crippen molar-refractivity contribution >= 4 is 45.1 Å². The van der Waals surface area contributed by atoms with Crippen LogP contribution < -0.4 is 21.1 Å². The highest BCUT2D eigenvalue weighted by molar-refractivity contribution is 7.91. The first kappa shape index (κ1) is 34.6. The van der Waals surface area contributed by atoms with Gasteiger partial charge in [0.15, 0.2) is 21.4 Å². The van der Waals surface area contributed by atoms with Crippen LogP contribution in [0.15, 0.2) is 59.5 Å². The number of likely N-dealkylation sites (tertiary alicyclic amines) is 1. The van der Waals surface area contributed by atoms with Gasteiger partial charge in [-0.3, -0.25) is 19.7 Å². The largest absolute Gasteiger partial charge is 0.494 e. The Kier molecular flexibility index (Phi) is 10.3. The SMILES string of the molecule is CCS(=O)(=O)c1ccc(NC(=O)OC)cc1C1C(C(=O)O)CCN1C(=O)[C@H](Nc1ccc(F)c(C(N)=O)c1)c1ccc(F)c(OC)c1. The van der Waals surface area contributed by atoms with Gasteiger partial charge in [0, 0.05) is 17.9 Å². The fourth-order valence-corrected chi connectivity index (χ4v) is 6.55. The van der Waals surface area contributed by atoms with E-state index in [1.165, 1.54) is 55.3 Å². The van der Waals surface area contributed by atoms with E-state index >= 15 is 0 Å². The van der Waals surface area contributed by atoms with E-state index in [2.05, 4.69) is 15.4 Å². The van der Waals surface area contributed by atoms with Gasteiger partial charge in [0.1, 0.15) is 11.9 Å². The number of nitrogens with two attached hydrogens (primary N) is 1. The number of sulfone groups is 1. The van der Waals surface area contributed by atoms with Gasteiger partial charge in [0.05, 0.1) is 42.4 Å². The summed E-state index contributed by atoms with van der Waals surface area (Å²) in [6, 6.07) is 7.83. The molecule has 1 saturated heterocycles.